The van der Waals surface area contributed by atoms with E-state index in [-0.39, 0.29) is 6.04 Å². The van der Waals surface area contributed by atoms with Gasteiger partial charge < -0.3 is 5.73 Å². The van der Waals surface area contributed by atoms with Gasteiger partial charge in [-0.25, -0.2) is 0 Å². The zero-order valence-electron chi connectivity index (χ0n) is 10.9. The van der Waals surface area contributed by atoms with Crippen LogP contribution in [0.2, 0.25) is 0 Å². The zero-order valence-corrected chi connectivity index (χ0v) is 12.5. The number of halogens is 1. The molecule has 0 saturated heterocycles. The van der Waals surface area contributed by atoms with E-state index in [4.69, 9.17) is 5.73 Å². The van der Waals surface area contributed by atoms with Crippen LogP contribution in [0.4, 0.5) is 0 Å². The van der Waals surface area contributed by atoms with E-state index in [1.165, 1.54) is 16.7 Å². The van der Waals surface area contributed by atoms with Crippen molar-refractivity contribution in [2.24, 2.45) is 5.73 Å². The third-order valence-corrected chi connectivity index (χ3v) is 3.74. The molecule has 1 heterocycles. The maximum Gasteiger partial charge on any atom is 0.0570 e. The van der Waals surface area contributed by atoms with Crippen LogP contribution in [0.3, 0.4) is 0 Å². The van der Waals surface area contributed by atoms with Gasteiger partial charge in [0, 0.05) is 16.9 Å². The zero-order chi connectivity index (χ0) is 13.3. The maximum absolute atomic E-state index is 6.34. The maximum atomic E-state index is 6.34. The first-order chi connectivity index (χ1) is 8.49. The molecule has 0 saturated carbocycles. The molecule has 0 radical (unpaired) electrons. The minimum Gasteiger partial charge on any atom is -0.320 e. The molecule has 1 aromatic carbocycles. The van der Waals surface area contributed by atoms with Crippen LogP contribution in [0.5, 0.6) is 0 Å². The largest absolute Gasteiger partial charge is 0.320 e. The molecule has 94 valence electrons. The van der Waals surface area contributed by atoms with E-state index in [1.54, 1.807) is 6.20 Å². The van der Waals surface area contributed by atoms with E-state index in [0.717, 1.165) is 15.6 Å². The first kappa shape index (κ1) is 13.2. The molecule has 1 unspecified atom stereocenters. The summed E-state index contributed by atoms with van der Waals surface area (Å²) in [6.07, 6.45) is 3.59. The average Bonchev–Trinajstić information content (AvgIpc) is 2.33. The molecule has 3 heteroatoms. The Morgan fingerprint density at radius 3 is 2.33 bits per heavy atom. The number of rotatable bonds is 2. The van der Waals surface area contributed by atoms with Gasteiger partial charge >= 0.3 is 0 Å². The lowest BCUT2D eigenvalue weighted by Crippen LogP contribution is -2.14. The van der Waals surface area contributed by atoms with Crippen molar-refractivity contribution in [2.75, 3.05) is 0 Å². The van der Waals surface area contributed by atoms with Crippen molar-refractivity contribution in [1.29, 1.82) is 0 Å². The summed E-state index contributed by atoms with van der Waals surface area (Å²) in [6, 6.07) is 6.26. The lowest BCUT2D eigenvalue weighted by molar-refractivity contribution is 0.849. The Balaban J connectivity index is 2.46. The Morgan fingerprint density at radius 2 is 1.67 bits per heavy atom. The molecule has 2 aromatic rings. The molecule has 0 spiro atoms. The highest BCUT2D eigenvalue weighted by Gasteiger charge is 2.13. The third-order valence-electron chi connectivity index (χ3n) is 3.30. The quantitative estimate of drug-likeness (QED) is 0.916. The second kappa shape index (κ2) is 5.21. The minimum atomic E-state index is -0.130. The first-order valence-electron chi connectivity index (χ1n) is 5.93. The third kappa shape index (κ3) is 2.62. The molecule has 1 atom stereocenters. The fourth-order valence-corrected chi connectivity index (χ4v) is 2.48. The molecule has 2 rings (SSSR count). The van der Waals surface area contributed by atoms with Gasteiger partial charge in [0.15, 0.2) is 0 Å². The summed E-state index contributed by atoms with van der Waals surface area (Å²) in [4.78, 5) is 4.17. The van der Waals surface area contributed by atoms with Gasteiger partial charge in [0.2, 0.25) is 0 Å². The predicted molar refractivity (Wildman–Crippen MR) is 78.6 cm³/mol. The summed E-state index contributed by atoms with van der Waals surface area (Å²) in [5.74, 6) is 0. The predicted octanol–water partition coefficient (Wildman–Crippen LogP) is 3.82. The molecule has 0 aliphatic heterocycles. The summed E-state index contributed by atoms with van der Waals surface area (Å²) in [5.41, 5.74) is 12.3. The van der Waals surface area contributed by atoms with E-state index < -0.39 is 0 Å². The van der Waals surface area contributed by atoms with Crippen LogP contribution >= 0.6 is 15.9 Å². The van der Waals surface area contributed by atoms with Crippen molar-refractivity contribution >= 4 is 15.9 Å². The van der Waals surface area contributed by atoms with Gasteiger partial charge in [-0.05, 0) is 70.6 Å². The molecular formula is C15H17BrN2. The van der Waals surface area contributed by atoms with Crippen molar-refractivity contribution in [2.45, 2.75) is 26.8 Å². The highest BCUT2D eigenvalue weighted by atomic mass is 79.9. The molecule has 0 aliphatic carbocycles. The summed E-state index contributed by atoms with van der Waals surface area (Å²) in [6.45, 7) is 6.34. The Bertz CT molecular complexity index is 579. The van der Waals surface area contributed by atoms with E-state index in [0.29, 0.717) is 0 Å². The van der Waals surface area contributed by atoms with E-state index in [2.05, 4.69) is 53.8 Å². The van der Waals surface area contributed by atoms with Gasteiger partial charge in [0.25, 0.3) is 0 Å². The topological polar surface area (TPSA) is 38.9 Å². The van der Waals surface area contributed by atoms with Crippen LogP contribution in [0.15, 0.2) is 35.1 Å². The Kier molecular flexibility index (Phi) is 3.83. The normalized spacial score (nSPS) is 12.5. The molecule has 18 heavy (non-hydrogen) atoms. The second-order valence-corrected chi connectivity index (χ2v) is 5.62. The van der Waals surface area contributed by atoms with Gasteiger partial charge in [-0.2, -0.15) is 0 Å². The number of pyridine rings is 1. The summed E-state index contributed by atoms with van der Waals surface area (Å²) >= 11 is 3.43. The lowest BCUT2D eigenvalue weighted by Gasteiger charge is -2.17. The molecule has 2 N–H and O–H groups in total. The fraction of sp³-hybridized carbons (Fsp3) is 0.267. The molecule has 0 amide bonds. The van der Waals surface area contributed by atoms with Crippen LogP contribution in [0.25, 0.3) is 0 Å². The summed E-state index contributed by atoms with van der Waals surface area (Å²) in [7, 11) is 0. The highest BCUT2D eigenvalue weighted by Crippen LogP contribution is 2.26. The Morgan fingerprint density at radius 1 is 1.00 bits per heavy atom. The second-order valence-electron chi connectivity index (χ2n) is 4.71. The number of hydrogen-bond donors (Lipinski definition) is 1. The molecule has 2 nitrogen and oxygen atoms in total. The van der Waals surface area contributed by atoms with Crippen molar-refractivity contribution in [3.8, 4) is 0 Å². The van der Waals surface area contributed by atoms with Gasteiger partial charge in [-0.15, -0.1) is 0 Å². The number of benzene rings is 1. The highest BCUT2D eigenvalue weighted by molar-refractivity contribution is 9.10. The van der Waals surface area contributed by atoms with Crippen LogP contribution in [-0.4, -0.2) is 4.98 Å². The van der Waals surface area contributed by atoms with E-state index >= 15 is 0 Å². The van der Waals surface area contributed by atoms with Crippen molar-refractivity contribution in [3.63, 3.8) is 0 Å². The van der Waals surface area contributed by atoms with Gasteiger partial charge in [0.1, 0.15) is 0 Å². The molecule has 1 aromatic heterocycles. The van der Waals surface area contributed by atoms with Crippen molar-refractivity contribution in [3.05, 3.63) is 62.9 Å². The van der Waals surface area contributed by atoms with Crippen LogP contribution in [-0.2, 0) is 0 Å². The standard InChI is InChI=1S/C15H17BrN2/c1-9-4-11(3)14(5-10(9)2)15(17)12-6-13(16)8-18-7-12/h4-8,15H,17H2,1-3H3. The fourth-order valence-electron chi connectivity index (χ4n) is 2.10. The number of nitrogens with two attached hydrogens (primary N) is 1. The number of aromatic nitrogens is 1. The van der Waals surface area contributed by atoms with Gasteiger partial charge in [-0.1, -0.05) is 12.1 Å². The van der Waals surface area contributed by atoms with E-state index in [9.17, 15) is 0 Å². The smallest absolute Gasteiger partial charge is 0.0570 e. The van der Waals surface area contributed by atoms with E-state index in [1.807, 2.05) is 12.3 Å². The number of aryl methyl sites for hydroxylation is 3. The van der Waals surface area contributed by atoms with Crippen LogP contribution in [0, 0.1) is 20.8 Å². The average molecular weight is 305 g/mol. The molecule has 0 bridgehead atoms. The Labute approximate surface area is 116 Å². The lowest BCUT2D eigenvalue weighted by atomic mass is 9.93. The SMILES string of the molecule is Cc1cc(C)c(C(N)c2cncc(Br)c2)cc1C. The minimum absolute atomic E-state index is 0.130. The first-order valence-corrected chi connectivity index (χ1v) is 6.72. The van der Waals surface area contributed by atoms with Crippen molar-refractivity contribution < 1.29 is 0 Å². The van der Waals surface area contributed by atoms with Crippen LogP contribution in [0.1, 0.15) is 33.9 Å². The van der Waals surface area contributed by atoms with Gasteiger partial charge in [-0.3, -0.25) is 4.98 Å². The summed E-state index contributed by atoms with van der Waals surface area (Å²) in [5, 5.41) is 0. The Hall–Kier alpha value is -1.19. The number of nitrogens with zero attached hydrogens (tertiary/aromatic N) is 1. The molecule has 0 aliphatic rings. The summed E-state index contributed by atoms with van der Waals surface area (Å²) < 4.78 is 0.955. The molecule has 0 fully saturated rings. The van der Waals surface area contributed by atoms with Crippen LogP contribution < -0.4 is 5.73 Å². The number of hydrogen-bond acceptors (Lipinski definition) is 2. The molecular weight excluding hydrogens is 288 g/mol. The van der Waals surface area contributed by atoms with Gasteiger partial charge in [0.05, 0.1) is 6.04 Å². The van der Waals surface area contributed by atoms with Crippen molar-refractivity contribution in [1.82, 2.24) is 4.98 Å². The monoisotopic (exact) mass is 304 g/mol.